The average Bonchev–Trinajstić information content (AvgIpc) is 2.65. The second-order valence-corrected chi connectivity index (χ2v) is 5.13. The second kappa shape index (κ2) is 3.82. The van der Waals surface area contributed by atoms with Gasteiger partial charge in [-0.3, -0.25) is 0 Å². The van der Waals surface area contributed by atoms with Gasteiger partial charge in [-0.05, 0) is 30.6 Å². The van der Waals surface area contributed by atoms with Crippen molar-refractivity contribution in [3.8, 4) is 0 Å². The van der Waals surface area contributed by atoms with Crippen molar-refractivity contribution in [2.24, 2.45) is 23.7 Å². The van der Waals surface area contributed by atoms with E-state index in [4.69, 9.17) is 0 Å². The molecule has 2 heteroatoms. The van der Waals surface area contributed by atoms with Crippen LogP contribution in [0.15, 0.2) is 0 Å². The zero-order valence-corrected chi connectivity index (χ0v) is 9.19. The predicted octanol–water partition coefficient (Wildman–Crippen LogP) is 1.80. The normalized spacial score (nSPS) is 52.3. The highest BCUT2D eigenvalue weighted by atomic mass is 16.3. The average molecular weight is 198 g/mol. The number of hydrogen-bond donors (Lipinski definition) is 2. The molecule has 4 atom stereocenters. The van der Waals surface area contributed by atoms with E-state index in [1.54, 1.807) is 0 Å². The molecule has 2 fully saturated rings. The Balaban J connectivity index is 2.08. The number of aliphatic hydroxyl groups excluding tert-OH is 2. The minimum atomic E-state index is -0.239. The van der Waals surface area contributed by atoms with Gasteiger partial charge in [0.25, 0.3) is 0 Å². The van der Waals surface area contributed by atoms with Gasteiger partial charge in [-0.15, -0.1) is 0 Å². The van der Waals surface area contributed by atoms with Crippen molar-refractivity contribution in [1.29, 1.82) is 0 Å². The molecule has 0 aromatic rings. The number of fused-ring (bicyclic) bond motifs is 1. The molecule has 0 bridgehead atoms. The van der Waals surface area contributed by atoms with Crippen LogP contribution in [0.25, 0.3) is 0 Å². The first-order valence-electron chi connectivity index (χ1n) is 6.05. The maximum atomic E-state index is 10.1. The maximum Gasteiger partial charge on any atom is 0.0623 e. The van der Waals surface area contributed by atoms with Crippen LogP contribution in [0.4, 0.5) is 0 Å². The van der Waals surface area contributed by atoms with Crippen LogP contribution in [0.2, 0.25) is 0 Å². The van der Waals surface area contributed by atoms with Gasteiger partial charge in [0.2, 0.25) is 0 Å². The highest BCUT2D eigenvalue weighted by Gasteiger charge is 2.51. The van der Waals surface area contributed by atoms with E-state index in [0.29, 0.717) is 17.8 Å². The number of hydrogen-bond acceptors (Lipinski definition) is 2. The third kappa shape index (κ3) is 1.40. The molecule has 0 spiro atoms. The molecule has 0 amide bonds. The Kier molecular flexibility index (Phi) is 2.85. The van der Waals surface area contributed by atoms with E-state index in [0.717, 1.165) is 25.7 Å². The topological polar surface area (TPSA) is 40.5 Å². The van der Waals surface area contributed by atoms with Crippen LogP contribution in [-0.2, 0) is 0 Å². The molecule has 2 N–H and O–H groups in total. The van der Waals surface area contributed by atoms with Gasteiger partial charge in [0.15, 0.2) is 0 Å². The Morgan fingerprint density at radius 2 is 1.36 bits per heavy atom. The molecule has 2 aliphatic carbocycles. The first-order chi connectivity index (χ1) is 6.69. The Bertz CT molecular complexity index is 184. The summed E-state index contributed by atoms with van der Waals surface area (Å²) in [6, 6.07) is 0. The SMILES string of the molecule is CC[C@H]1CC2C[C@H](CC)C(O)C2C1O. The van der Waals surface area contributed by atoms with Crippen molar-refractivity contribution in [1.82, 2.24) is 0 Å². The maximum absolute atomic E-state index is 10.1. The molecule has 0 heterocycles. The zero-order chi connectivity index (χ0) is 10.3. The Hall–Kier alpha value is -0.0800. The Morgan fingerprint density at radius 3 is 1.64 bits per heavy atom. The van der Waals surface area contributed by atoms with Gasteiger partial charge in [0.1, 0.15) is 0 Å². The molecule has 2 saturated carbocycles. The lowest BCUT2D eigenvalue weighted by molar-refractivity contribution is 0.00310. The van der Waals surface area contributed by atoms with E-state index in [2.05, 4.69) is 13.8 Å². The van der Waals surface area contributed by atoms with Crippen LogP contribution in [0.1, 0.15) is 39.5 Å². The van der Waals surface area contributed by atoms with Crippen LogP contribution < -0.4 is 0 Å². The molecule has 0 radical (unpaired) electrons. The Labute approximate surface area is 86.3 Å². The highest BCUT2D eigenvalue weighted by Crippen LogP contribution is 2.50. The van der Waals surface area contributed by atoms with Gasteiger partial charge in [0.05, 0.1) is 12.2 Å². The van der Waals surface area contributed by atoms with Gasteiger partial charge in [-0.1, -0.05) is 26.7 Å². The van der Waals surface area contributed by atoms with Gasteiger partial charge in [-0.25, -0.2) is 0 Å². The largest absolute Gasteiger partial charge is 0.392 e. The summed E-state index contributed by atoms with van der Waals surface area (Å²) in [7, 11) is 0. The van der Waals surface area contributed by atoms with Gasteiger partial charge < -0.3 is 10.2 Å². The van der Waals surface area contributed by atoms with Crippen LogP contribution in [0.5, 0.6) is 0 Å². The fourth-order valence-corrected chi connectivity index (χ4v) is 3.67. The van der Waals surface area contributed by atoms with Gasteiger partial charge in [-0.2, -0.15) is 0 Å². The van der Waals surface area contributed by atoms with E-state index >= 15 is 0 Å². The fraction of sp³-hybridized carbons (Fsp3) is 1.00. The molecular formula is C12H22O2. The summed E-state index contributed by atoms with van der Waals surface area (Å²) in [6.07, 6.45) is 3.90. The van der Waals surface area contributed by atoms with Crippen LogP contribution in [-0.4, -0.2) is 22.4 Å². The van der Waals surface area contributed by atoms with Crippen molar-refractivity contribution in [3.63, 3.8) is 0 Å². The molecule has 82 valence electrons. The first-order valence-corrected chi connectivity index (χ1v) is 6.05. The molecule has 2 rings (SSSR count). The van der Waals surface area contributed by atoms with Crippen LogP contribution in [0.3, 0.4) is 0 Å². The van der Waals surface area contributed by atoms with Crippen molar-refractivity contribution >= 4 is 0 Å². The standard InChI is InChI=1S/C12H22O2/c1-3-7-5-9-6-8(4-2)12(14)10(9)11(7)13/h7-14H,3-6H2,1-2H3/t7-,8-,9?,10?,11?,12?/m0/s1. The quantitative estimate of drug-likeness (QED) is 0.710. The molecule has 2 aliphatic rings. The van der Waals surface area contributed by atoms with Crippen molar-refractivity contribution in [2.45, 2.75) is 51.7 Å². The lowest BCUT2D eigenvalue weighted by atomic mass is 9.91. The van der Waals surface area contributed by atoms with Crippen molar-refractivity contribution in [2.75, 3.05) is 0 Å². The number of aliphatic hydroxyl groups is 2. The monoisotopic (exact) mass is 198 g/mol. The minimum Gasteiger partial charge on any atom is -0.392 e. The lowest BCUT2D eigenvalue weighted by Crippen LogP contribution is -2.31. The van der Waals surface area contributed by atoms with E-state index in [1.807, 2.05) is 0 Å². The lowest BCUT2D eigenvalue weighted by Gasteiger charge is -2.23. The molecule has 0 aromatic heterocycles. The summed E-state index contributed by atoms with van der Waals surface area (Å²) in [5.74, 6) is 1.66. The highest BCUT2D eigenvalue weighted by molar-refractivity contribution is 5.01. The summed E-state index contributed by atoms with van der Waals surface area (Å²) >= 11 is 0. The molecule has 2 nitrogen and oxygen atoms in total. The smallest absolute Gasteiger partial charge is 0.0623 e. The van der Waals surface area contributed by atoms with Crippen molar-refractivity contribution in [3.05, 3.63) is 0 Å². The molecular weight excluding hydrogens is 176 g/mol. The summed E-state index contributed by atoms with van der Waals surface area (Å²) in [5, 5.41) is 20.2. The molecule has 0 aliphatic heterocycles. The van der Waals surface area contributed by atoms with Crippen molar-refractivity contribution < 1.29 is 10.2 Å². The van der Waals surface area contributed by atoms with E-state index < -0.39 is 0 Å². The third-order valence-electron chi connectivity index (χ3n) is 4.56. The minimum absolute atomic E-state index is 0.185. The van der Waals surface area contributed by atoms with Crippen LogP contribution in [0, 0.1) is 23.7 Å². The third-order valence-corrected chi connectivity index (χ3v) is 4.56. The molecule has 0 saturated heterocycles. The van der Waals surface area contributed by atoms with E-state index in [9.17, 15) is 10.2 Å². The summed E-state index contributed by atoms with van der Waals surface area (Å²) < 4.78 is 0. The molecule has 14 heavy (non-hydrogen) atoms. The fourth-order valence-electron chi connectivity index (χ4n) is 3.67. The number of rotatable bonds is 2. The first kappa shape index (κ1) is 10.4. The van der Waals surface area contributed by atoms with Crippen LogP contribution >= 0.6 is 0 Å². The van der Waals surface area contributed by atoms with Gasteiger partial charge >= 0.3 is 0 Å². The van der Waals surface area contributed by atoms with Gasteiger partial charge in [0, 0.05) is 5.92 Å². The molecule has 0 aromatic carbocycles. The zero-order valence-electron chi connectivity index (χ0n) is 9.19. The second-order valence-electron chi connectivity index (χ2n) is 5.13. The Morgan fingerprint density at radius 1 is 0.929 bits per heavy atom. The summed E-state index contributed by atoms with van der Waals surface area (Å²) in [5.41, 5.74) is 0. The summed E-state index contributed by atoms with van der Waals surface area (Å²) in [6.45, 7) is 4.28. The summed E-state index contributed by atoms with van der Waals surface area (Å²) in [4.78, 5) is 0. The predicted molar refractivity (Wildman–Crippen MR) is 55.8 cm³/mol. The van der Waals surface area contributed by atoms with E-state index in [-0.39, 0.29) is 18.1 Å². The molecule has 2 unspecified atom stereocenters. The van der Waals surface area contributed by atoms with E-state index in [1.165, 1.54) is 0 Å².